The molecule has 6 nitrogen and oxygen atoms in total. The van der Waals surface area contributed by atoms with Crippen molar-refractivity contribution < 1.29 is 13.2 Å². The Morgan fingerprint density at radius 3 is 2.17 bits per heavy atom. The fourth-order valence-electron chi connectivity index (χ4n) is 6.27. The Hall–Kier alpha value is -2.68. The van der Waals surface area contributed by atoms with Crippen LogP contribution in [0.4, 0.5) is 13.2 Å². The van der Waals surface area contributed by atoms with Crippen LogP contribution in [0.2, 0.25) is 0 Å². The maximum atomic E-state index is 13.2. The summed E-state index contributed by atoms with van der Waals surface area (Å²) in [6.07, 6.45) is 6.34. The van der Waals surface area contributed by atoms with Crippen LogP contribution in [-0.4, -0.2) is 32.0 Å². The molecule has 0 spiro atoms. The molecule has 0 N–H and O–H groups in total. The van der Waals surface area contributed by atoms with Gasteiger partial charge in [0.05, 0.1) is 17.7 Å². The molecule has 186 valence electrons. The fourth-order valence-corrected chi connectivity index (χ4v) is 6.27. The highest BCUT2D eigenvalue weighted by Crippen LogP contribution is 2.40. The van der Waals surface area contributed by atoms with Gasteiger partial charge in [0.15, 0.2) is 11.5 Å². The van der Waals surface area contributed by atoms with Crippen molar-refractivity contribution in [1.82, 2.24) is 19.8 Å². The molecule has 5 rings (SSSR count). The van der Waals surface area contributed by atoms with Crippen LogP contribution in [0, 0.1) is 35.7 Å². The molecule has 35 heavy (non-hydrogen) atoms. The summed E-state index contributed by atoms with van der Waals surface area (Å²) in [7, 11) is 0. The largest absolute Gasteiger partial charge is 0.391 e. The molecule has 9 heteroatoms. The molecule has 0 aromatic carbocycles. The molecule has 2 heterocycles. The van der Waals surface area contributed by atoms with Gasteiger partial charge in [-0.25, -0.2) is 11.6 Å². The van der Waals surface area contributed by atoms with Gasteiger partial charge in [-0.05, 0) is 70.1 Å². The summed E-state index contributed by atoms with van der Waals surface area (Å²) in [4.78, 5) is 8.61. The second kappa shape index (κ2) is 9.76. The molecule has 3 aliphatic carbocycles. The molecule has 3 aliphatic rings. The van der Waals surface area contributed by atoms with Gasteiger partial charge in [-0.2, -0.15) is 23.5 Å². The molecule has 0 radical (unpaired) electrons. The van der Waals surface area contributed by atoms with Crippen LogP contribution >= 0.6 is 0 Å². The van der Waals surface area contributed by atoms with Crippen LogP contribution in [0.25, 0.3) is 16.6 Å². The number of hydrogen-bond acceptors (Lipinski definition) is 4. The van der Waals surface area contributed by atoms with E-state index in [-0.39, 0.29) is 42.6 Å². The van der Waals surface area contributed by atoms with Crippen LogP contribution in [0.15, 0.2) is 0 Å². The van der Waals surface area contributed by atoms with Gasteiger partial charge in [0.25, 0.3) is 0 Å². The number of alkyl halides is 3. The van der Waals surface area contributed by atoms with Gasteiger partial charge in [-0.1, -0.05) is 6.08 Å². The van der Waals surface area contributed by atoms with Crippen molar-refractivity contribution in [3.05, 3.63) is 28.2 Å². The fraction of sp³-hybridized carbons (Fsp3) is 0.731. The maximum Gasteiger partial charge on any atom is 0.391 e. The van der Waals surface area contributed by atoms with Crippen LogP contribution in [0.3, 0.4) is 0 Å². The second-order valence-corrected chi connectivity index (χ2v) is 10.7. The molecule has 0 bridgehead atoms. The Morgan fingerprint density at radius 1 is 0.914 bits per heavy atom. The van der Waals surface area contributed by atoms with Gasteiger partial charge in [-0.15, -0.1) is 9.73 Å². The quantitative estimate of drug-likeness (QED) is 0.521. The number of rotatable bonds is 3. The Morgan fingerprint density at radius 2 is 1.57 bits per heavy atom. The summed E-state index contributed by atoms with van der Waals surface area (Å²) in [6.45, 7) is 7.33. The highest BCUT2D eigenvalue weighted by atomic mass is 19.4. The zero-order valence-electron chi connectivity index (χ0n) is 19.8. The standard InChI is InChI=1S/C26H31F3N6/c1-31-21-12-8-18(9-13-21)23-22(14-16-4-10-20(11-5-16)26(27,28)29)25-32-24(34-35(25)33-23)19-6-2-17(15-30)3-7-19/h14,16-21H,2-13H2/b22-14-. The third-order valence-electron chi connectivity index (χ3n) is 8.50. The SMILES string of the molecule is [C-]#[N+]C1CCC(c2nn3nc(C4CCC(C#N)CC4)nc3/c2=C\C2CCC(C(F)(F)F)CC2)CC1. The lowest BCUT2D eigenvalue weighted by Gasteiger charge is -2.28. The van der Waals surface area contributed by atoms with Gasteiger partial charge in [-0.3, -0.25) is 0 Å². The smallest absolute Gasteiger partial charge is 0.314 e. The first-order valence-electron chi connectivity index (χ1n) is 13.0. The number of hydrogen-bond donors (Lipinski definition) is 0. The first-order valence-corrected chi connectivity index (χ1v) is 13.0. The van der Waals surface area contributed by atoms with E-state index in [2.05, 4.69) is 17.0 Å². The van der Waals surface area contributed by atoms with E-state index in [1.165, 1.54) is 0 Å². The first kappa shape index (κ1) is 24.0. The van der Waals surface area contributed by atoms with E-state index < -0.39 is 12.1 Å². The third-order valence-corrected chi connectivity index (χ3v) is 8.50. The zero-order valence-corrected chi connectivity index (χ0v) is 19.8. The van der Waals surface area contributed by atoms with Gasteiger partial charge >= 0.3 is 6.18 Å². The monoisotopic (exact) mass is 484 g/mol. The van der Waals surface area contributed by atoms with Crippen LogP contribution in [0.5, 0.6) is 0 Å². The summed E-state index contributed by atoms with van der Waals surface area (Å²) < 4.78 is 41.1. The molecule has 0 saturated heterocycles. The molecular formula is C26H31F3N6. The highest BCUT2D eigenvalue weighted by Gasteiger charge is 2.41. The summed E-state index contributed by atoms with van der Waals surface area (Å²) in [5.41, 5.74) is 1.66. The summed E-state index contributed by atoms with van der Waals surface area (Å²) in [6, 6.07) is 2.44. The minimum atomic E-state index is -4.11. The Bertz CT molecular complexity index is 1160. The lowest BCUT2D eigenvalue weighted by Crippen LogP contribution is -2.28. The van der Waals surface area contributed by atoms with Crippen molar-refractivity contribution in [3.63, 3.8) is 0 Å². The number of nitrogens with zero attached hydrogens (tertiary/aromatic N) is 6. The average molecular weight is 485 g/mol. The maximum absolute atomic E-state index is 13.2. The molecule has 3 fully saturated rings. The number of halogens is 3. The molecule has 2 aromatic rings. The van der Waals surface area contributed by atoms with Gasteiger partial charge < -0.3 is 4.85 Å². The predicted octanol–water partition coefficient (Wildman–Crippen LogP) is 5.74. The highest BCUT2D eigenvalue weighted by molar-refractivity contribution is 5.49. The Kier molecular flexibility index (Phi) is 6.70. The minimum absolute atomic E-state index is 0.0728. The van der Waals surface area contributed by atoms with Crippen LogP contribution in [0.1, 0.15) is 100 Å². The van der Waals surface area contributed by atoms with E-state index in [0.29, 0.717) is 18.5 Å². The van der Waals surface area contributed by atoms with Crippen molar-refractivity contribution in [3.8, 4) is 6.07 Å². The molecule has 0 atom stereocenters. The molecule has 3 saturated carbocycles. The topological polar surface area (TPSA) is 71.2 Å². The van der Waals surface area contributed by atoms with Crippen molar-refractivity contribution in [2.24, 2.45) is 17.8 Å². The molecule has 2 aromatic heterocycles. The number of aromatic nitrogens is 4. The van der Waals surface area contributed by atoms with E-state index in [0.717, 1.165) is 68.1 Å². The van der Waals surface area contributed by atoms with Gasteiger partial charge in [0.1, 0.15) is 0 Å². The van der Waals surface area contributed by atoms with Gasteiger partial charge in [0, 0.05) is 35.8 Å². The third kappa shape index (κ3) is 5.01. The van der Waals surface area contributed by atoms with E-state index >= 15 is 0 Å². The van der Waals surface area contributed by atoms with E-state index in [1.54, 1.807) is 4.63 Å². The second-order valence-electron chi connectivity index (χ2n) is 10.7. The number of fused-ring (bicyclic) bond motifs is 1. The number of nitriles is 1. The molecule has 0 aliphatic heterocycles. The lowest BCUT2D eigenvalue weighted by molar-refractivity contribution is -0.182. The van der Waals surface area contributed by atoms with E-state index in [9.17, 15) is 18.4 Å². The zero-order chi connectivity index (χ0) is 24.6. The van der Waals surface area contributed by atoms with Crippen molar-refractivity contribution in [2.45, 2.75) is 101 Å². The average Bonchev–Trinajstić information content (AvgIpc) is 3.43. The molecule has 0 unspecified atom stereocenters. The Balaban J connectivity index is 1.44. The minimum Gasteiger partial charge on any atom is -0.314 e. The van der Waals surface area contributed by atoms with Crippen molar-refractivity contribution in [2.75, 3.05) is 0 Å². The summed E-state index contributed by atoms with van der Waals surface area (Å²) in [5, 5.41) is 19.7. The van der Waals surface area contributed by atoms with E-state index in [1.807, 2.05) is 0 Å². The van der Waals surface area contributed by atoms with Crippen molar-refractivity contribution in [1.29, 1.82) is 5.26 Å². The molecule has 0 amide bonds. The normalized spacial score (nSPS) is 32.9. The Labute approximate surface area is 203 Å². The first-order chi connectivity index (χ1) is 16.9. The lowest BCUT2D eigenvalue weighted by atomic mass is 9.80. The predicted molar refractivity (Wildman–Crippen MR) is 124 cm³/mol. The van der Waals surface area contributed by atoms with Gasteiger partial charge in [0.2, 0.25) is 6.04 Å². The van der Waals surface area contributed by atoms with Crippen LogP contribution < -0.4 is 5.22 Å². The van der Waals surface area contributed by atoms with Crippen molar-refractivity contribution >= 4 is 11.7 Å². The summed E-state index contributed by atoms with van der Waals surface area (Å²) in [5.74, 6) is 0.196. The van der Waals surface area contributed by atoms with Crippen LogP contribution in [-0.2, 0) is 0 Å². The van der Waals surface area contributed by atoms with E-state index in [4.69, 9.17) is 21.8 Å². The summed E-state index contributed by atoms with van der Waals surface area (Å²) >= 11 is 0. The molecular weight excluding hydrogens is 453 g/mol.